The number of amides is 1. The van der Waals surface area contributed by atoms with Crippen LogP contribution in [0.3, 0.4) is 0 Å². The molecular formula is C16H23NO3. The van der Waals surface area contributed by atoms with E-state index in [9.17, 15) is 9.90 Å². The van der Waals surface area contributed by atoms with Gasteiger partial charge in [-0.3, -0.25) is 4.79 Å². The summed E-state index contributed by atoms with van der Waals surface area (Å²) >= 11 is 0. The molecule has 110 valence electrons. The zero-order valence-corrected chi connectivity index (χ0v) is 11.9. The summed E-state index contributed by atoms with van der Waals surface area (Å²) in [7, 11) is 0. The van der Waals surface area contributed by atoms with E-state index in [4.69, 9.17) is 4.74 Å². The van der Waals surface area contributed by atoms with Crippen molar-refractivity contribution in [2.45, 2.75) is 38.7 Å². The number of rotatable bonds is 4. The highest BCUT2D eigenvalue weighted by molar-refractivity contribution is 5.77. The van der Waals surface area contributed by atoms with Crippen LogP contribution >= 0.6 is 0 Å². The van der Waals surface area contributed by atoms with Gasteiger partial charge in [0.1, 0.15) is 5.75 Å². The Morgan fingerprint density at radius 2 is 1.75 bits per heavy atom. The molecule has 20 heavy (non-hydrogen) atoms. The molecule has 4 heteroatoms. The van der Waals surface area contributed by atoms with Gasteiger partial charge >= 0.3 is 0 Å². The number of aliphatic hydroxyl groups excluding tert-OH is 1. The summed E-state index contributed by atoms with van der Waals surface area (Å²) in [6.45, 7) is 1.65. The fourth-order valence-corrected chi connectivity index (χ4v) is 2.50. The van der Waals surface area contributed by atoms with E-state index in [1.54, 1.807) is 12.1 Å². The van der Waals surface area contributed by atoms with Crippen molar-refractivity contribution in [2.24, 2.45) is 0 Å². The smallest absolute Gasteiger partial charge is 0.260 e. The SMILES string of the molecule is O=C(COc1ccccc1CO)N1CCCCCCC1. The topological polar surface area (TPSA) is 49.8 Å². The van der Waals surface area contributed by atoms with Gasteiger partial charge in [0.05, 0.1) is 6.61 Å². The molecule has 0 saturated carbocycles. The first-order valence-electron chi connectivity index (χ1n) is 7.40. The summed E-state index contributed by atoms with van der Waals surface area (Å²) in [5, 5.41) is 9.23. The van der Waals surface area contributed by atoms with E-state index >= 15 is 0 Å². The first-order chi connectivity index (χ1) is 9.81. The summed E-state index contributed by atoms with van der Waals surface area (Å²) in [5.74, 6) is 0.634. The average molecular weight is 277 g/mol. The highest BCUT2D eigenvalue weighted by Gasteiger charge is 2.15. The number of hydrogen-bond donors (Lipinski definition) is 1. The lowest BCUT2D eigenvalue weighted by atomic mass is 10.1. The van der Waals surface area contributed by atoms with E-state index in [1.165, 1.54) is 19.3 Å². The minimum Gasteiger partial charge on any atom is -0.483 e. The third-order valence-electron chi connectivity index (χ3n) is 3.70. The Kier molecular flexibility index (Phi) is 5.87. The van der Waals surface area contributed by atoms with Crippen LogP contribution in [0.2, 0.25) is 0 Å². The van der Waals surface area contributed by atoms with Gasteiger partial charge in [-0.15, -0.1) is 0 Å². The molecule has 1 aliphatic rings. The van der Waals surface area contributed by atoms with Gasteiger partial charge in [0.25, 0.3) is 5.91 Å². The molecule has 1 saturated heterocycles. The Labute approximate surface area is 120 Å². The molecule has 0 radical (unpaired) electrons. The second-order valence-corrected chi connectivity index (χ2v) is 5.20. The van der Waals surface area contributed by atoms with Gasteiger partial charge in [0.2, 0.25) is 0 Å². The Morgan fingerprint density at radius 1 is 1.10 bits per heavy atom. The van der Waals surface area contributed by atoms with E-state index < -0.39 is 0 Å². The van der Waals surface area contributed by atoms with Crippen molar-refractivity contribution in [1.29, 1.82) is 0 Å². The lowest BCUT2D eigenvalue weighted by Gasteiger charge is -2.25. The van der Waals surface area contributed by atoms with Gasteiger partial charge in [-0.1, -0.05) is 37.5 Å². The monoisotopic (exact) mass is 277 g/mol. The molecule has 0 atom stereocenters. The second-order valence-electron chi connectivity index (χ2n) is 5.20. The fraction of sp³-hybridized carbons (Fsp3) is 0.562. The standard InChI is InChI=1S/C16H23NO3/c18-12-14-8-4-5-9-15(14)20-13-16(19)17-10-6-2-1-3-7-11-17/h4-5,8-9,18H,1-3,6-7,10-13H2. The molecular weight excluding hydrogens is 254 g/mol. The summed E-state index contributed by atoms with van der Waals surface area (Å²) in [4.78, 5) is 14.1. The van der Waals surface area contributed by atoms with E-state index in [0.717, 1.165) is 25.9 Å². The summed E-state index contributed by atoms with van der Waals surface area (Å²) in [6, 6.07) is 7.27. The third kappa shape index (κ3) is 4.23. The van der Waals surface area contributed by atoms with Gasteiger partial charge in [-0.05, 0) is 18.9 Å². The number of benzene rings is 1. The van der Waals surface area contributed by atoms with Crippen molar-refractivity contribution in [3.05, 3.63) is 29.8 Å². The maximum atomic E-state index is 12.2. The quantitative estimate of drug-likeness (QED) is 0.919. The Hall–Kier alpha value is -1.55. The van der Waals surface area contributed by atoms with Gasteiger partial charge in [-0.25, -0.2) is 0 Å². The van der Waals surface area contributed by atoms with Crippen molar-refractivity contribution in [3.63, 3.8) is 0 Å². The molecule has 1 heterocycles. The fourth-order valence-electron chi connectivity index (χ4n) is 2.50. The highest BCUT2D eigenvalue weighted by atomic mass is 16.5. The molecule has 4 nitrogen and oxygen atoms in total. The normalized spacial score (nSPS) is 16.4. The molecule has 1 aromatic carbocycles. The first-order valence-corrected chi connectivity index (χ1v) is 7.40. The molecule has 1 aromatic rings. The number of aliphatic hydroxyl groups is 1. The number of nitrogens with zero attached hydrogens (tertiary/aromatic N) is 1. The second kappa shape index (κ2) is 7.90. The van der Waals surface area contributed by atoms with Crippen LogP contribution in [-0.4, -0.2) is 35.6 Å². The Morgan fingerprint density at radius 3 is 2.45 bits per heavy atom. The molecule has 0 spiro atoms. The van der Waals surface area contributed by atoms with E-state index in [1.807, 2.05) is 17.0 Å². The van der Waals surface area contributed by atoms with Crippen LogP contribution in [0.5, 0.6) is 5.75 Å². The number of para-hydroxylation sites is 1. The number of ether oxygens (including phenoxy) is 1. The maximum absolute atomic E-state index is 12.2. The first kappa shape index (κ1) is 14.9. The van der Waals surface area contributed by atoms with Crippen molar-refractivity contribution >= 4 is 5.91 Å². The van der Waals surface area contributed by atoms with E-state index in [-0.39, 0.29) is 19.1 Å². The van der Waals surface area contributed by atoms with Crippen LogP contribution in [-0.2, 0) is 11.4 Å². The molecule has 0 unspecified atom stereocenters. The van der Waals surface area contributed by atoms with Crippen molar-refractivity contribution < 1.29 is 14.6 Å². The minimum absolute atomic E-state index is 0.0413. The molecule has 1 N–H and O–H groups in total. The molecule has 1 aliphatic heterocycles. The molecule has 1 amide bonds. The summed E-state index contributed by atoms with van der Waals surface area (Å²) < 4.78 is 5.56. The highest BCUT2D eigenvalue weighted by Crippen LogP contribution is 2.18. The predicted molar refractivity (Wildman–Crippen MR) is 77.5 cm³/mol. The van der Waals surface area contributed by atoms with Crippen LogP contribution in [0.1, 0.15) is 37.7 Å². The predicted octanol–water partition coefficient (Wildman–Crippen LogP) is 2.35. The summed E-state index contributed by atoms with van der Waals surface area (Å²) in [6.07, 6.45) is 5.86. The molecule has 0 aliphatic carbocycles. The van der Waals surface area contributed by atoms with Gasteiger partial charge < -0.3 is 14.7 Å². The van der Waals surface area contributed by atoms with Crippen molar-refractivity contribution in [1.82, 2.24) is 4.90 Å². The number of likely N-dealkylation sites (tertiary alicyclic amines) is 1. The zero-order valence-electron chi connectivity index (χ0n) is 11.9. The van der Waals surface area contributed by atoms with Crippen molar-refractivity contribution in [3.8, 4) is 5.75 Å². The lowest BCUT2D eigenvalue weighted by molar-refractivity contribution is -0.133. The minimum atomic E-state index is -0.0753. The largest absolute Gasteiger partial charge is 0.483 e. The van der Waals surface area contributed by atoms with E-state index in [0.29, 0.717) is 11.3 Å². The molecule has 0 aromatic heterocycles. The van der Waals surface area contributed by atoms with Crippen LogP contribution in [0, 0.1) is 0 Å². The Balaban J connectivity index is 1.87. The average Bonchev–Trinajstić information content (AvgIpc) is 2.44. The van der Waals surface area contributed by atoms with Crippen molar-refractivity contribution in [2.75, 3.05) is 19.7 Å². The number of carbonyl (C=O) groups excluding carboxylic acids is 1. The zero-order chi connectivity index (χ0) is 14.2. The molecule has 0 bridgehead atoms. The van der Waals surface area contributed by atoms with Gasteiger partial charge in [-0.2, -0.15) is 0 Å². The summed E-state index contributed by atoms with van der Waals surface area (Å²) in [5.41, 5.74) is 0.716. The maximum Gasteiger partial charge on any atom is 0.260 e. The van der Waals surface area contributed by atoms with Crippen LogP contribution < -0.4 is 4.74 Å². The van der Waals surface area contributed by atoms with Crippen LogP contribution in [0.15, 0.2) is 24.3 Å². The van der Waals surface area contributed by atoms with Gasteiger partial charge in [0, 0.05) is 18.7 Å². The number of hydrogen-bond acceptors (Lipinski definition) is 3. The third-order valence-corrected chi connectivity index (χ3v) is 3.70. The van der Waals surface area contributed by atoms with E-state index in [2.05, 4.69) is 0 Å². The van der Waals surface area contributed by atoms with Gasteiger partial charge in [0.15, 0.2) is 6.61 Å². The molecule has 2 rings (SSSR count). The Bertz CT molecular complexity index is 425. The van der Waals surface area contributed by atoms with Crippen LogP contribution in [0.4, 0.5) is 0 Å². The number of carbonyl (C=O) groups is 1. The molecule has 1 fully saturated rings. The van der Waals surface area contributed by atoms with Crippen LogP contribution in [0.25, 0.3) is 0 Å². The lowest BCUT2D eigenvalue weighted by Crippen LogP contribution is -2.37.